The van der Waals surface area contributed by atoms with Gasteiger partial charge in [0.05, 0.1) is 11.0 Å². The minimum atomic E-state index is -0.114. The van der Waals surface area contributed by atoms with Crippen LogP contribution < -0.4 is 0 Å². The summed E-state index contributed by atoms with van der Waals surface area (Å²) in [6.45, 7) is 1.45. The van der Waals surface area contributed by atoms with Gasteiger partial charge in [-0.2, -0.15) is 0 Å². The number of rotatable bonds is 3. The third-order valence-electron chi connectivity index (χ3n) is 5.23. The number of amides is 1. The number of fused-ring (bicyclic) bond motifs is 1. The molecule has 3 aliphatic rings. The zero-order valence-corrected chi connectivity index (χ0v) is 14.1. The quantitative estimate of drug-likeness (QED) is 0.855. The van der Waals surface area contributed by atoms with Crippen LogP contribution in [-0.4, -0.2) is 40.2 Å². The van der Waals surface area contributed by atoms with E-state index in [9.17, 15) is 4.79 Å². The average Bonchev–Trinajstić information content (AvgIpc) is 3.06. The number of nitrogens with zero attached hydrogens (tertiary/aromatic N) is 3. The highest BCUT2D eigenvalue weighted by molar-refractivity contribution is 7.12. The van der Waals surface area contributed by atoms with Crippen LogP contribution in [0.15, 0.2) is 21.9 Å². The minimum Gasteiger partial charge on any atom is -0.422 e. The van der Waals surface area contributed by atoms with Gasteiger partial charge in [-0.3, -0.25) is 4.79 Å². The van der Waals surface area contributed by atoms with Gasteiger partial charge < -0.3 is 14.1 Å². The van der Waals surface area contributed by atoms with Crippen LogP contribution in [0.1, 0.15) is 59.2 Å². The van der Waals surface area contributed by atoms with E-state index in [1.54, 1.807) is 0 Å². The first-order chi connectivity index (χ1) is 11.8. The van der Waals surface area contributed by atoms with Gasteiger partial charge >= 0.3 is 0 Å². The molecule has 0 aromatic carbocycles. The highest BCUT2D eigenvalue weighted by Crippen LogP contribution is 2.43. The number of aromatic nitrogens is 2. The zero-order chi connectivity index (χ0) is 16.1. The molecule has 2 aromatic heterocycles. The van der Waals surface area contributed by atoms with Crippen molar-refractivity contribution in [1.82, 2.24) is 15.1 Å². The maximum absolute atomic E-state index is 12.5. The number of hydrogen-bond acceptors (Lipinski definition) is 6. The third-order valence-corrected chi connectivity index (χ3v) is 6.09. The summed E-state index contributed by atoms with van der Waals surface area (Å²) in [5.74, 6) is 2.43. The molecular formula is C17H19N3O3S. The summed E-state index contributed by atoms with van der Waals surface area (Å²) in [5.41, 5.74) is 0. The molecule has 0 radical (unpaired) electrons. The largest absolute Gasteiger partial charge is 0.422 e. The molecule has 0 N–H and O–H groups in total. The molecule has 3 atom stereocenters. The van der Waals surface area contributed by atoms with E-state index in [0.29, 0.717) is 24.3 Å². The predicted molar refractivity (Wildman–Crippen MR) is 86.8 cm³/mol. The van der Waals surface area contributed by atoms with E-state index >= 15 is 0 Å². The van der Waals surface area contributed by atoms with Crippen LogP contribution in [0.3, 0.4) is 0 Å². The van der Waals surface area contributed by atoms with Crippen LogP contribution in [0, 0.1) is 5.92 Å². The van der Waals surface area contributed by atoms with E-state index in [1.807, 2.05) is 22.4 Å². The van der Waals surface area contributed by atoms with Gasteiger partial charge in [-0.25, -0.2) is 0 Å². The van der Waals surface area contributed by atoms with E-state index in [-0.39, 0.29) is 18.1 Å². The Morgan fingerprint density at radius 2 is 2.12 bits per heavy atom. The van der Waals surface area contributed by atoms with Crippen molar-refractivity contribution < 1.29 is 13.9 Å². The summed E-state index contributed by atoms with van der Waals surface area (Å²) in [5, 5.41) is 10.3. The Balaban J connectivity index is 1.26. The Morgan fingerprint density at radius 1 is 1.25 bits per heavy atom. The number of likely N-dealkylation sites (tertiary alicyclic amines) is 1. The Bertz CT molecular complexity index is 740. The Kier molecular flexibility index (Phi) is 3.45. The van der Waals surface area contributed by atoms with Crippen LogP contribution in [0.2, 0.25) is 0 Å². The Hall–Kier alpha value is -1.73. The summed E-state index contributed by atoms with van der Waals surface area (Å²) in [4.78, 5) is 15.2. The Morgan fingerprint density at radius 3 is 2.92 bits per heavy atom. The van der Waals surface area contributed by atoms with Crippen molar-refractivity contribution in [3.05, 3.63) is 34.2 Å². The van der Waals surface area contributed by atoms with Gasteiger partial charge in [0.2, 0.25) is 11.8 Å². The molecule has 1 amide bonds. The van der Waals surface area contributed by atoms with Crippen LogP contribution in [0.25, 0.3) is 0 Å². The lowest BCUT2D eigenvalue weighted by atomic mass is 9.91. The van der Waals surface area contributed by atoms with Crippen LogP contribution >= 0.6 is 11.3 Å². The van der Waals surface area contributed by atoms with E-state index in [0.717, 1.165) is 43.0 Å². The fourth-order valence-electron chi connectivity index (χ4n) is 3.70. The predicted octanol–water partition coefficient (Wildman–Crippen LogP) is 3.00. The summed E-state index contributed by atoms with van der Waals surface area (Å²) in [6, 6.07) is 3.80. The molecule has 2 aliphatic heterocycles. The monoisotopic (exact) mass is 345 g/mol. The van der Waals surface area contributed by atoms with E-state index in [1.165, 1.54) is 11.3 Å². The molecule has 4 heterocycles. The summed E-state index contributed by atoms with van der Waals surface area (Å²) < 4.78 is 12.0. The van der Waals surface area contributed by atoms with Crippen LogP contribution in [0.5, 0.6) is 0 Å². The maximum atomic E-state index is 12.5. The van der Waals surface area contributed by atoms with Gasteiger partial charge in [-0.15, -0.1) is 21.5 Å². The third kappa shape index (κ3) is 2.56. The Labute approximate surface area is 143 Å². The summed E-state index contributed by atoms with van der Waals surface area (Å²) in [7, 11) is 0. The van der Waals surface area contributed by atoms with Crippen molar-refractivity contribution in [1.29, 1.82) is 0 Å². The number of ether oxygens (including phenoxy) is 1. The molecule has 0 unspecified atom stereocenters. The highest BCUT2D eigenvalue weighted by Gasteiger charge is 2.43. The lowest BCUT2D eigenvalue weighted by Gasteiger charge is -2.33. The molecule has 2 aromatic rings. The van der Waals surface area contributed by atoms with E-state index in [2.05, 4.69) is 10.2 Å². The summed E-state index contributed by atoms with van der Waals surface area (Å²) >= 11 is 1.49. The molecule has 0 spiro atoms. The molecule has 5 rings (SSSR count). The molecule has 126 valence electrons. The molecule has 6 nitrogen and oxygen atoms in total. The molecule has 3 fully saturated rings. The van der Waals surface area contributed by atoms with Crippen molar-refractivity contribution >= 4 is 17.2 Å². The minimum absolute atomic E-state index is 0.0731. The molecule has 24 heavy (non-hydrogen) atoms. The molecule has 2 saturated heterocycles. The fourth-order valence-corrected chi connectivity index (χ4v) is 4.39. The van der Waals surface area contributed by atoms with Crippen LogP contribution in [0.4, 0.5) is 0 Å². The maximum Gasteiger partial charge on any atom is 0.264 e. The second-order valence-electron chi connectivity index (χ2n) is 6.93. The lowest BCUT2D eigenvalue weighted by molar-refractivity contribution is -0.0123. The van der Waals surface area contributed by atoms with Gasteiger partial charge in [0.1, 0.15) is 6.10 Å². The first kappa shape index (κ1) is 14.6. The summed E-state index contributed by atoms with van der Waals surface area (Å²) in [6.07, 6.45) is 4.15. The first-order valence-electron chi connectivity index (χ1n) is 8.59. The van der Waals surface area contributed by atoms with Gasteiger partial charge in [0.15, 0.2) is 0 Å². The fraction of sp³-hybridized carbons (Fsp3) is 0.588. The number of carbonyl (C=O) groups excluding carboxylic acids is 1. The van der Waals surface area contributed by atoms with E-state index in [4.69, 9.17) is 9.15 Å². The number of piperidine rings is 1. The van der Waals surface area contributed by atoms with E-state index < -0.39 is 0 Å². The van der Waals surface area contributed by atoms with Crippen LogP contribution in [-0.2, 0) is 4.74 Å². The standard InChI is InChI=1S/C17H19N3O3S/c21-17(14-2-1-7-24-14)20-6-5-11-8-12(22-13(11)9-20)16-19-18-15(23-16)10-3-4-10/h1-2,7,10-13H,3-6,8-9H2/t11-,12-,13+/m0/s1. The van der Waals surface area contributed by atoms with Gasteiger partial charge in [-0.05, 0) is 43.0 Å². The van der Waals surface area contributed by atoms with Crippen molar-refractivity contribution in [2.45, 2.75) is 43.8 Å². The molecule has 1 saturated carbocycles. The second kappa shape index (κ2) is 5.67. The number of hydrogen-bond donors (Lipinski definition) is 0. The number of carbonyl (C=O) groups is 1. The normalized spacial score (nSPS) is 29.7. The molecule has 0 bridgehead atoms. The van der Waals surface area contributed by atoms with Gasteiger partial charge in [0.25, 0.3) is 5.91 Å². The van der Waals surface area contributed by atoms with Crippen molar-refractivity contribution in [3.8, 4) is 0 Å². The molecule has 1 aliphatic carbocycles. The highest BCUT2D eigenvalue weighted by atomic mass is 32.1. The molecular weight excluding hydrogens is 326 g/mol. The smallest absolute Gasteiger partial charge is 0.264 e. The molecule has 7 heteroatoms. The van der Waals surface area contributed by atoms with Crippen molar-refractivity contribution in [2.24, 2.45) is 5.92 Å². The van der Waals surface area contributed by atoms with Gasteiger partial charge in [-0.1, -0.05) is 6.07 Å². The van der Waals surface area contributed by atoms with Crippen molar-refractivity contribution in [3.63, 3.8) is 0 Å². The average molecular weight is 345 g/mol. The second-order valence-corrected chi connectivity index (χ2v) is 7.88. The topological polar surface area (TPSA) is 68.5 Å². The first-order valence-corrected chi connectivity index (χ1v) is 9.47. The SMILES string of the molecule is O=C(c1cccs1)N1CC[C@H]2C[C@@H](c3nnc(C4CC4)o3)O[C@@H]2C1. The zero-order valence-electron chi connectivity index (χ0n) is 13.3. The number of thiophene rings is 1. The van der Waals surface area contributed by atoms with Crippen molar-refractivity contribution in [2.75, 3.05) is 13.1 Å². The lowest BCUT2D eigenvalue weighted by Crippen LogP contribution is -2.45. The van der Waals surface area contributed by atoms with Gasteiger partial charge in [0, 0.05) is 19.0 Å².